The molecule has 0 atom stereocenters. The smallest absolute Gasteiger partial charge is 0.238 e. The van der Waals surface area contributed by atoms with Gasteiger partial charge in [0.15, 0.2) is 0 Å². The minimum absolute atomic E-state index is 0. The van der Waals surface area contributed by atoms with Gasteiger partial charge in [-0.15, -0.1) is 12.4 Å². The molecule has 0 aliphatic heterocycles. The predicted octanol–water partition coefficient (Wildman–Crippen LogP) is 4.02. The molecule has 0 aromatic heterocycles. The molecule has 24 heavy (non-hydrogen) atoms. The summed E-state index contributed by atoms with van der Waals surface area (Å²) in [5.41, 5.74) is 9.46. The number of nitrogens with one attached hydrogen (secondary N) is 1. The van der Waals surface area contributed by atoms with Crippen LogP contribution >= 0.6 is 12.4 Å². The molecule has 1 amide bonds. The van der Waals surface area contributed by atoms with Crippen LogP contribution < -0.4 is 15.8 Å². The number of anilines is 1. The van der Waals surface area contributed by atoms with Crippen molar-refractivity contribution in [2.45, 2.75) is 33.3 Å². The van der Waals surface area contributed by atoms with Gasteiger partial charge in [0.25, 0.3) is 0 Å². The number of rotatable bonds is 6. The quantitative estimate of drug-likeness (QED) is 0.828. The molecule has 0 aliphatic carbocycles. The van der Waals surface area contributed by atoms with Gasteiger partial charge >= 0.3 is 0 Å². The summed E-state index contributed by atoms with van der Waals surface area (Å²) >= 11 is 0. The SMILES string of the molecule is Cc1ccc(C(C)C)c(OCc2ccc(NC(=O)CN)cc2)c1.Cl. The summed E-state index contributed by atoms with van der Waals surface area (Å²) in [6, 6.07) is 13.9. The highest BCUT2D eigenvalue weighted by molar-refractivity contribution is 5.92. The van der Waals surface area contributed by atoms with E-state index in [9.17, 15) is 4.79 Å². The van der Waals surface area contributed by atoms with E-state index in [2.05, 4.69) is 44.3 Å². The van der Waals surface area contributed by atoms with Crippen LogP contribution in [0.25, 0.3) is 0 Å². The Morgan fingerprint density at radius 3 is 2.42 bits per heavy atom. The molecule has 2 aromatic carbocycles. The van der Waals surface area contributed by atoms with Gasteiger partial charge in [-0.25, -0.2) is 0 Å². The molecule has 0 radical (unpaired) electrons. The molecule has 0 fully saturated rings. The second kappa shape index (κ2) is 9.30. The van der Waals surface area contributed by atoms with Crippen LogP contribution in [0.1, 0.15) is 36.5 Å². The molecule has 130 valence electrons. The summed E-state index contributed by atoms with van der Waals surface area (Å²) in [5.74, 6) is 1.15. The van der Waals surface area contributed by atoms with Gasteiger partial charge in [-0.2, -0.15) is 0 Å². The van der Waals surface area contributed by atoms with E-state index in [0.29, 0.717) is 12.5 Å². The van der Waals surface area contributed by atoms with Crippen molar-refractivity contribution in [3.63, 3.8) is 0 Å². The Labute approximate surface area is 149 Å². The van der Waals surface area contributed by atoms with E-state index in [0.717, 1.165) is 17.0 Å². The first-order valence-electron chi connectivity index (χ1n) is 7.82. The summed E-state index contributed by atoms with van der Waals surface area (Å²) in [5, 5.41) is 2.72. The van der Waals surface area contributed by atoms with Crippen molar-refractivity contribution in [3.8, 4) is 5.75 Å². The molecule has 0 aliphatic rings. The van der Waals surface area contributed by atoms with E-state index < -0.39 is 0 Å². The van der Waals surface area contributed by atoms with Gasteiger partial charge < -0.3 is 15.8 Å². The van der Waals surface area contributed by atoms with Gasteiger partial charge in [-0.1, -0.05) is 38.1 Å². The maximum Gasteiger partial charge on any atom is 0.238 e. The number of hydrogen-bond acceptors (Lipinski definition) is 3. The molecule has 0 unspecified atom stereocenters. The summed E-state index contributed by atoms with van der Waals surface area (Å²) in [7, 11) is 0. The summed E-state index contributed by atoms with van der Waals surface area (Å²) < 4.78 is 6.00. The number of benzene rings is 2. The fourth-order valence-corrected chi connectivity index (χ4v) is 2.30. The van der Waals surface area contributed by atoms with E-state index in [1.54, 1.807) is 0 Å². The Morgan fingerprint density at radius 1 is 1.17 bits per heavy atom. The van der Waals surface area contributed by atoms with Crippen LogP contribution in [0.5, 0.6) is 5.75 Å². The van der Waals surface area contributed by atoms with Gasteiger partial charge in [0.1, 0.15) is 12.4 Å². The number of aryl methyl sites for hydroxylation is 1. The highest BCUT2D eigenvalue weighted by atomic mass is 35.5. The largest absolute Gasteiger partial charge is 0.489 e. The molecular formula is C19H25ClN2O2. The van der Waals surface area contributed by atoms with Crippen LogP contribution in [0.15, 0.2) is 42.5 Å². The standard InChI is InChI=1S/C19H24N2O2.ClH/c1-13(2)17-9-4-14(3)10-18(17)23-12-15-5-7-16(8-6-15)21-19(22)11-20;/h4-10,13H,11-12,20H2,1-3H3,(H,21,22);1H. The Kier molecular flexibility index (Phi) is 7.75. The Balaban J connectivity index is 0.00000288. The topological polar surface area (TPSA) is 64.3 Å². The van der Waals surface area contributed by atoms with Crippen LogP contribution in [-0.4, -0.2) is 12.5 Å². The number of carbonyl (C=O) groups excluding carboxylic acids is 1. The van der Waals surface area contributed by atoms with Gasteiger partial charge in [-0.3, -0.25) is 4.79 Å². The third-order valence-electron chi connectivity index (χ3n) is 3.61. The predicted molar refractivity (Wildman–Crippen MR) is 101 cm³/mol. The zero-order valence-corrected chi connectivity index (χ0v) is 15.2. The maximum absolute atomic E-state index is 11.2. The number of amides is 1. The Morgan fingerprint density at radius 2 is 1.83 bits per heavy atom. The van der Waals surface area contributed by atoms with Crippen molar-refractivity contribution in [3.05, 3.63) is 59.2 Å². The van der Waals surface area contributed by atoms with E-state index in [1.165, 1.54) is 11.1 Å². The molecule has 0 spiro atoms. The minimum Gasteiger partial charge on any atom is -0.489 e. The molecule has 2 aromatic rings. The monoisotopic (exact) mass is 348 g/mol. The molecule has 0 heterocycles. The molecule has 0 bridgehead atoms. The van der Waals surface area contributed by atoms with Crippen LogP contribution in [0.4, 0.5) is 5.69 Å². The van der Waals surface area contributed by atoms with Gasteiger partial charge in [0, 0.05) is 5.69 Å². The third kappa shape index (κ3) is 5.55. The maximum atomic E-state index is 11.2. The van der Waals surface area contributed by atoms with Crippen molar-refractivity contribution < 1.29 is 9.53 Å². The fourth-order valence-electron chi connectivity index (χ4n) is 2.30. The second-order valence-electron chi connectivity index (χ2n) is 5.93. The summed E-state index contributed by atoms with van der Waals surface area (Å²) in [4.78, 5) is 11.2. The van der Waals surface area contributed by atoms with Crippen molar-refractivity contribution in [2.75, 3.05) is 11.9 Å². The lowest BCUT2D eigenvalue weighted by molar-refractivity contribution is -0.114. The molecule has 4 nitrogen and oxygen atoms in total. The second-order valence-corrected chi connectivity index (χ2v) is 5.93. The number of halogens is 1. The van der Waals surface area contributed by atoms with E-state index in [1.807, 2.05) is 24.3 Å². The molecule has 0 saturated carbocycles. The molecule has 3 N–H and O–H groups in total. The zero-order chi connectivity index (χ0) is 16.8. The number of nitrogens with two attached hydrogens (primary N) is 1. The Hall–Kier alpha value is -2.04. The minimum atomic E-state index is -0.199. The zero-order valence-electron chi connectivity index (χ0n) is 14.3. The average Bonchev–Trinajstić information content (AvgIpc) is 2.53. The number of ether oxygens (including phenoxy) is 1. The first kappa shape index (κ1) is 20.0. The lowest BCUT2D eigenvalue weighted by atomic mass is 10.0. The van der Waals surface area contributed by atoms with Crippen molar-refractivity contribution in [1.29, 1.82) is 0 Å². The van der Waals surface area contributed by atoms with Crippen LogP contribution in [-0.2, 0) is 11.4 Å². The van der Waals surface area contributed by atoms with E-state index >= 15 is 0 Å². The highest BCUT2D eigenvalue weighted by Gasteiger charge is 2.08. The molecule has 5 heteroatoms. The number of carbonyl (C=O) groups is 1. The molecule has 2 rings (SSSR count). The normalized spacial score (nSPS) is 10.2. The lowest BCUT2D eigenvalue weighted by Gasteiger charge is -2.15. The van der Waals surface area contributed by atoms with Gasteiger partial charge in [-0.05, 0) is 47.7 Å². The lowest BCUT2D eigenvalue weighted by Crippen LogP contribution is -2.21. The van der Waals surface area contributed by atoms with Gasteiger partial charge in [0.2, 0.25) is 5.91 Å². The van der Waals surface area contributed by atoms with E-state index in [-0.39, 0.29) is 24.9 Å². The number of hydrogen-bond donors (Lipinski definition) is 2. The third-order valence-corrected chi connectivity index (χ3v) is 3.61. The van der Waals surface area contributed by atoms with Crippen molar-refractivity contribution in [2.24, 2.45) is 5.73 Å². The van der Waals surface area contributed by atoms with Gasteiger partial charge in [0.05, 0.1) is 6.54 Å². The van der Waals surface area contributed by atoms with Crippen molar-refractivity contribution in [1.82, 2.24) is 0 Å². The summed E-state index contributed by atoms with van der Waals surface area (Å²) in [6.45, 7) is 6.86. The first-order chi connectivity index (χ1) is 11.0. The first-order valence-corrected chi connectivity index (χ1v) is 7.82. The van der Waals surface area contributed by atoms with Crippen molar-refractivity contribution >= 4 is 24.0 Å². The molecule has 0 saturated heterocycles. The molecular weight excluding hydrogens is 324 g/mol. The van der Waals surface area contributed by atoms with E-state index in [4.69, 9.17) is 10.5 Å². The average molecular weight is 349 g/mol. The van der Waals surface area contributed by atoms with Crippen LogP contribution in [0, 0.1) is 6.92 Å². The summed E-state index contributed by atoms with van der Waals surface area (Å²) in [6.07, 6.45) is 0. The van der Waals surface area contributed by atoms with Crippen LogP contribution in [0.2, 0.25) is 0 Å². The highest BCUT2D eigenvalue weighted by Crippen LogP contribution is 2.28. The fraction of sp³-hybridized carbons (Fsp3) is 0.316. The Bertz CT molecular complexity index is 670. The van der Waals surface area contributed by atoms with Crippen LogP contribution in [0.3, 0.4) is 0 Å².